The predicted molar refractivity (Wildman–Crippen MR) is 73.9 cm³/mol. The third kappa shape index (κ3) is 4.21. The van der Waals surface area contributed by atoms with Crippen LogP contribution in [0.4, 0.5) is 0 Å². The normalized spacial score (nSPS) is 11.4. The zero-order valence-corrected chi connectivity index (χ0v) is 12.1. The van der Waals surface area contributed by atoms with Gasteiger partial charge < -0.3 is 5.32 Å². The lowest BCUT2D eigenvalue weighted by atomic mass is 10.2. The first-order chi connectivity index (χ1) is 7.85. The van der Waals surface area contributed by atoms with E-state index in [1.54, 1.807) is 17.8 Å². The molecule has 0 spiro atoms. The Morgan fingerprint density at radius 3 is 2.76 bits per heavy atom. The number of halogens is 1. The number of nitrogens with one attached hydrogen (secondary N) is 1. The van der Waals surface area contributed by atoms with E-state index in [1.165, 1.54) is 6.20 Å². The molecule has 0 atom stereocenters. The molecule has 0 aliphatic heterocycles. The fourth-order valence-electron chi connectivity index (χ4n) is 1.15. The fraction of sp³-hybridized carbons (Fsp3) is 0.500. The van der Waals surface area contributed by atoms with Crippen LogP contribution in [0.2, 0.25) is 5.02 Å². The Kier molecular flexibility index (Phi) is 4.83. The van der Waals surface area contributed by atoms with Gasteiger partial charge in [-0.2, -0.15) is 11.8 Å². The molecule has 0 aromatic carbocycles. The van der Waals surface area contributed by atoms with Crippen molar-refractivity contribution in [1.82, 2.24) is 10.3 Å². The highest BCUT2D eigenvalue weighted by Crippen LogP contribution is 2.20. The zero-order valence-electron chi connectivity index (χ0n) is 10.5. The van der Waals surface area contributed by atoms with Crippen molar-refractivity contribution < 1.29 is 4.79 Å². The molecule has 0 aliphatic rings. The molecule has 0 bridgehead atoms. The van der Waals surface area contributed by atoms with Crippen LogP contribution in [0.25, 0.3) is 0 Å². The van der Waals surface area contributed by atoms with Crippen LogP contribution in [0.5, 0.6) is 0 Å². The van der Waals surface area contributed by atoms with E-state index < -0.39 is 0 Å². The van der Waals surface area contributed by atoms with E-state index in [9.17, 15) is 4.79 Å². The fourth-order valence-corrected chi connectivity index (χ4v) is 1.66. The molecular formula is C12H17ClN2OS. The van der Waals surface area contributed by atoms with Gasteiger partial charge in [-0.05, 0) is 33.1 Å². The van der Waals surface area contributed by atoms with Crippen molar-refractivity contribution in [2.24, 2.45) is 0 Å². The minimum Gasteiger partial charge on any atom is -0.351 e. The molecule has 1 rings (SSSR count). The summed E-state index contributed by atoms with van der Waals surface area (Å²) in [5, 5.41) is 3.31. The van der Waals surface area contributed by atoms with Crippen LogP contribution in [0.1, 0.15) is 29.9 Å². The molecule has 0 unspecified atom stereocenters. The summed E-state index contributed by atoms with van der Waals surface area (Å²) in [5.41, 5.74) is 1.23. The van der Waals surface area contributed by atoms with Crippen LogP contribution in [0.3, 0.4) is 0 Å². The molecule has 1 aromatic rings. The Morgan fingerprint density at radius 1 is 1.59 bits per heavy atom. The second kappa shape index (κ2) is 5.74. The summed E-state index contributed by atoms with van der Waals surface area (Å²) in [6, 6.07) is 1.69. The molecule has 5 heteroatoms. The number of pyridine rings is 1. The first kappa shape index (κ1) is 14.3. The maximum Gasteiger partial charge on any atom is 0.254 e. The van der Waals surface area contributed by atoms with Crippen LogP contribution in [0.15, 0.2) is 12.3 Å². The summed E-state index contributed by atoms with van der Waals surface area (Å²) in [7, 11) is 0. The van der Waals surface area contributed by atoms with Crippen LogP contribution < -0.4 is 5.32 Å². The number of aromatic nitrogens is 1. The van der Waals surface area contributed by atoms with Crippen molar-refractivity contribution in [2.45, 2.75) is 25.5 Å². The molecule has 17 heavy (non-hydrogen) atoms. The molecule has 1 amide bonds. The van der Waals surface area contributed by atoms with Crippen molar-refractivity contribution in [2.75, 3.05) is 12.8 Å². The topological polar surface area (TPSA) is 42.0 Å². The second-order valence-electron chi connectivity index (χ2n) is 4.45. The number of amides is 1. The third-order valence-electron chi connectivity index (χ3n) is 2.46. The monoisotopic (exact) mass is 272 g/mol. The van der Waals surface area contributed by atoms with Crippen molar-refractivity contribution in [3.05, 3.63) is 28.5 Å². The van der Waals surface area contributed by atoms with E-state index in [-0.39, 0.29) is 10.7 Å². The Bertz CT molecular complexity index is 421. The Hall–Kier alpha value is -0.740. The van der Waals surface area contributed by atoms with Crippen LogP contribution in [-0.2, 0) is 0 Å². The van der Waals surface area contributed by atoms with Gasteiger partial charge in [-0.1, -0.05) is 11.6 Å². The molecule has 0 saturated heterocycles. The SMILES string of the molecule is CSC(C)(C)CNC(=O)c1cnc(C)cc1Cl. The van der Waals surface area contributed by atoms with Gasteiger partial charge in [0.25, 0.3) is 5.91 Å². The van der Waals surface area contributed by atoms with Gasteiger partial charge in [0.2, 0.25) is 0 Å². The van der Waals surface area contributed by atoms with Gasteiger partial charge in [0.1, 0.15) is 0 Å². The van der Waals surface area contributed by atoms with Gasteiger partial charge in [0.05, 0.1) is 10.6 Å². The molecule has 3 nitrogen and oxygen atoms in total. The Labute approximate surface area is 111 Å². The van der Waals surface area contributed by atoms with Gasteiger partial charge in [-0.3, -0.25) is 9.78 Å². The standard InChI is InChI=1S/C12H17ClN2OS/c1-8-5-10(13)9(6-14-8)11(16)15-7-12(2,3)17-4/h5-6H,7H2,1-4H3,(H,15,16). The summed E-state index contributed by atoms with van der Waals surface area (Å²) in [6.45, 7) is 6.58. The molecule has 1 heterocycles. The predicted octanol–water partition coefficient (Wildman–Crippen LogP) is 2.91. The number of carbonyl (C=O) groups is 1. The number of nitrogens with zero attached hydrogens (tertiary/aromatic N) is 1. The number of thioether (sulfide) groups is 1. The summed E-state index contributed by atoms with van der Waals surface area (Å²) >= 11 is 7.71. The van der Waals surface area contributed by atoms with E-state index >= 15 is 0 Å². The highest BCUT2D eigenvalue weighted by molar-refractivity contribution is 7.99. The zero-order chi connectivity index (χ0) is 13.1. The molecule has 1 aromatic heterocycles. The lowest BCUT2D eigenvalue weighted by Crippen LogP contribution is -2.36. The lowest BCUT2D eigenvalue weighted by Gasteiger charge is -2.22. The largest absolute Gasteiger partial charge is 0.351 e. The molecule has 0 fully saturated rings. The van der Waals surface area contributed by atoms with Gasteiger partial charge >= 0.3 is 0 Å². The average molecular weight is 273 g/mol. The van der Waals surface area contributed by atoms with Gasteiger partial charge in [-0.25, -0.2) is 0 Å². The minimum absolute atomic E-state index is 0.0141. The summed E-state index contributed by atoms with van der Waals surface area (Å²) < 4.78 is 0.0141. The van der Waals surface area contributed by atoms with Crippen molar-refractivity contribution in [3.63, 3.8) is 0 Å². The van der Waals surface area contributed by atoms with E-state index in [2.05, 4.69) is 24.1 Å². The van der Waals surface area contributed by atoms with Gasteiger partial charge in [0, 0.05) is 23.2 Å². The lowest BCUT2D eigenvalue weighted by molar-refractivity contribution is 0.0950. The van der Waals surface area contributed by atoms with Crippen LogP contribution in [-0.4, -0.2) is 28.4 Å². The molecule has 0 aliphatic carbocycles. The Balaban J connectivity index is 2.71. The second-order valence-corrected chi connectivity index (χ2v) is 6.37. The molecule has 0 saturated carbocycles. The smallest absolute Gasteiger partial charge is 0.254 e. The van der Waals surface area contributed by atoms with Crippen LogP contribution >= 0.6 is 23.4 Å². The number of hydrogen-bond donors (Lipinski definition) is 1. The minimum atomic E-state index is -0.176. The molecule has 94 valence electrons. The van der Waals surface area contributed by atoms with Crippen LogP contribution in [0, 0.1) is 6.92 Å². The van der Waals surface area contributed by atoms with E-state index in [0.717, 1.165) is 5.69 Å². The van der Waals surface area contributed by atoms with Crippen molar-refractivity contribution >= 4 is 29.3 Å². The van der Waals surface area contributed by atoms with Gasteiger partial charge in [0.15, 0.2) is 0 Å². The molecule has 0 radical (unpaired) electrons. The molecular weight excluding hydrogens is 256 g/mol. The summed E-state index contributed by atoms with van der Waals surface area (Å²) in [5.74, 6) is -0.176. The number of hydrogen-bond acceptors (Lipinski definition) is 3. The Morgan fingerprint density at radius 2 is 2.24 bits per heavy atom. The number of rotatable bonds is 4. The highest BCUT2D eigenvalue weighted by Gasteiger charge is 2.18. The maximum atomic E-state index is 11.9. The van der Waals surface area contributed by atoms with E-state index in [0.29, 0.717) is 17.1 Å². The number of aryl methyl sites for hydroxylation is 1. The summed E-state index contributed by atoms with van der Waals surface area (Å²) in [6.07, 6.45) is 3.53. The number of carbonyl (C=O) groups excluding carboxylic acids is 1. The first-order valence-electron chi connectivity index (χ1n) is 5.31. The van der Waals surface area contributed by atoms with Gasteiger partial charge in [-0.15, -0.1) is 0 Å². The quantitative estimate of drug-likeness (QED) is 0.916. The molecule has 1 N–H and O–H groups in total. The highest BCUT2D eigenvalue weighted by atomic mass is 35.5. The van der Waals surface area contributed by atoms with Crippen molar-refractivity contribution in [1.29, 1.82) is 0 Å². The maximum absolute atomic E-state index is 11.9. The summed E-state index contributed by atoms with van der Waals surface area (Å²) in [4.78, 5) is 16.0. The van der Waals surface area contributed by atoms with E-state index in [1.807, 2.05) is 13.2 Å². The first-order valence-corrected chi connectivity index (χ1v) is 6.91. The third-order valence-corrected chi connectivity index (χ3v) is 4.02. The van der Waals surface area contributed by atoms with Crippen molar-refractivity contribution in [3.8, 4) is 0 Å². The average Bonchev–Trinajstić information content (AvgIpc) is 2.26. The van der Waals surface area contributed by atoms with E-state index in [4.69, 9.17) is 11.6 Å².